The van der Waals surface area contributed by atoms with Gasteiger partial charge in [0.2, 0.25) is 5.95 Å². The molecule has 34 heavy (non-hydrogen) atoms. The normalized spacial score (nSPS) is 28.0. The Kier molecular flexibility index (Phi) is 6.63. The number of ether oxygens (including phenoxy) is 1. The molecule has 2 aromatic rings. The number of fused-ring (bicyclic) bond motifs is 3. The van der Waals surface area contributed by atoms with Gasteiger partial charge in [-0.2, -0.15) is 0 Å². The summed E-state index contributed by atoms with van der Waals surface area (Å²) in [7, 11) is 0. The van der Waals surface area contributed by atoms with Crippen LogP contribution in [0.15, 0.2) is 48.8 Å². The van der Waals surface area contributed by atoms with E-state index in [-0.39, 0.29) is 18.0 Å². The molecule has 1 saturated carbocycles. The molecule has 7 nitrogen and oxygen atoms in total. The van der Waals surface area contributed by atoms with Gasteiger partial charge in [0.1, 0.15) is 6.54 Å². The first-order chi connectivity index (χ1) is 16.6. The Balaban J connectivity index is 1.30. The van der Waals surface area contributed by atoms with E-state index in [9.17, 15) is 9.59 Å². The summed E-state index contributed by atoms with van der Waals surface area (Å²) >= 11 is 0. The van der Waals surface area contributed by atoms with Crippen molar-refractivity contribution in [1.82, 2.24) is 9.97 Å². The van der Waals surface area contributed by atoms with Gasteiger partial charge in [-0.15, -0.1) is 0 Å². The fourth-order valence-electron chi connectivity index (χ4n) is 6.36. The summed E-state index contributed by atoms with van der Waals surface area (Å²) in [6.07, 6.45) is 11.3. The summed E-state index contributed by atoms with van der Waals surface area (Å²) < 4.78 is 7.06. The van der Waals surface area contributed by atoms with Crippen molar-refractivity contribution in [2.75, 3.05) is 31.5 Å². The summed E-state index contributed by atoms with van der Waals surface area (Å²) in [4.78, 5) is 34.9. The Morgan fingerprint density at radius 3 is 2.32 bits per heavy atom. The van der Waals surface area contributed by atoms with Crippen LogP contribution in [0.3, 0.4) is 0 Å². The highest BCUT2D eigenvalue weighted by molar-refractivity contribution is 5.89. The average molecular weight is 464 g/mol. The number of piperidine rings is 3. The highest BCUT2D eigenvalue weighted by atomic mass is 16.5. The maximum Gasteiger partial charge on any atom is 0.317 e. The second-order valence-electron chi connectivity index (χ2n) is 10.4. The molecule has 4 aliphatic rings. The number of quaternary nitrogens is 1. The van der Waals surface area contributed by atoms with E-state index in [1.165, 1.54) is 12.8 Å². The van der Waals surface area contributed by atoms with Gasteiger partial charge >= 0.3 is 5.97 Å². The van der Waals surface area contributed by atoms with Gasteiger partial charge in [-0.25, -0.2) is 9.97 Å². The first-order valence-electron chi connectivity index (χ1n) is 12.8. The molecule has 4 fully saturated rings. The molecule has 3 aliphatic heterocycles. The molecule has 1 aromatic heterocycles. The van der Waals surface area contributed by atoms with Crippen LogP contribution in [0.25, 0.3) is 0 Å². The van der Waals surface area contributed by atoms with E-state index < -0.39 is 5.41 Å². The van der Waals surface area contributed by atoms with Crippen LogP contribution in [0.1, 0.15) is 56.9 Å². The Bertz CT molecular complexity index is 981. The first kappa shape index (κ1) is 23.0. The van der Waals surface area contributed by atoms with E-state index in [4.69, 9.17) is 4.74 Å². The zero-order chi connectivity index (χ0) is 23.4. The molecule has 0 spiro atoms. The summed E-state index contributed by atoms with van der Waals surface area (Å²) in [6, 6.07) is 12.0. The second kappa shape index (κ2) is 9.82. The molecule has 1 N–H and O–H groups in total. The average Bonchev–Trinajstić information content (AvgIpc) is 3.13. The van der Waals surface area contributed by atoms with Gasteiger partial charge in [0.15, 0.2) is 12.6 Å². The molecule has 1 aromatic carbocycles. The number of benzene rings is 1. The fraction of sp³-hybridized carbons (Fsp3) is 0.556. The zero-order valence-corrected chi connectivity index (χ0v) is 19.8. The molecule has 1 aliphatic carbocycles. The third-order valence-electron chi connectivity index (χ3n) is 8.27. The molecule has 180 valence electrons. The summed E-state index contributed by atoms with van der Waals surface area (Å²) in [5.74, 6) is 0.586. The molecule has 0 unspecified atom stereocenters. The molecular weight excluding hydrogens is 428 g/mol. The van der Waals surface area contributed by atoms with Gasteiger partial charge in [0.05, 0.1) is 18.5 Å². The maximum atomic E-state index is 13.9. The standard InChI is InChI=1S/C27H34N4O3/c32-24(30-26-28-15-8-16-29-26)20-31-17-11-21(12-18-31)23(19-31)34-25(33)27(13-6-1-2-7-14-27)22-9-4-3-5-10-22/h3-5,8-10,15-16,21,23H,1-2,6-7,11-14,17-20H2/p+1/t21?,23-,31?/m0/s1. The number of carbonyl (C=O) groups is 2. The van der Waals surface area contributed by atoms with E-state index in [1.807, 2.05) is 18.2 Å². The Hall–Kier alpha value is -2.80. The van der Waals surface area contributed by atoms with Crippen LogP contribution >= 0.6 is 0 Å². The Morgan fingerprint density at radius 2 is 1.65 bits per heavy atom. The van der Waals surface area contributed by atoms with Gasteiger partial charge in [0.25, 0.3) is 5.91 Å². The van der Waals surface area contributed by atoms with Crippen molar-refractivity contribution in [2.45, 2.75) is 62.9 Å². The summed E-state index contributed by atoms with van der Waals surface area (Å²) in [6.45, 7) is 2.98. The van der Waals surface area contributed by atoms with Crippen LogP contribution in [0.2, 0.25) is 0 Å². The number of hydrogen-bond acceptors (Lipinski definition) is 5. The van der Waals surface area contributed by atoms with E-state index in [1.54, 1.807) is 18.5 Å². The number of carbonyl (C=O) groups excluding carboxylic acids is 2. The molecule has 1 amide bonds. The van der Waals surface area contributed by atoms with Crippen LogP contribution in [-0.2, 0) is 19.7 Å². The number of rotatable bonds is 6. The van der Waals surface area contributed by atoms with E-state index in [0.29, 0.717) is 29.4 Å². The lowest BCUT2D eigenvalue weighted by Gasteiger charge is -2.52. The van der Waals surface area contributed by atoms with Crippen molar-refractivity contribution in [3.05, 3.63) is 54.4 Å². The third kappa shape index (κ3) is 4.71. The van der Waals surface area contributed by atoms with Gasteiger partial charge < -0.3 is 9.22 Å². The largest absolute Gasteiger partial charge is 0.455 e. The van der Waals surface area contributed by atoms with Gasteiger partial charge in [-0.1, -0.05) is 56.0 Å². The number of amides is 1. The summed E-state index contributed by atoms with van der Waals surface area (Å²) in [5, 5.41) is 2.82. The number of esters is 1. The lowest BCUT2D eigenvalue weighted by atomic mass is 9.74. The topological polar surface area (TPSA) is 81.2 Å². The predicted octanol–water partition coefficient (Wildman–Crippen LogP) is 3.86. The van der Waals surface area contributed by atoms with Crippen LogP contribution in [0.4, 0.5) is 5.95 Å². The van der Waals surface area contributed by atoms with E-state index in [2.05, 4.69) is 27.4 Å². The predicted molar refractivity (Wildman–Crippen MR) is 129 cm³/mol. The van der Waals surface area contributed by atoms with Crippen LogP contribution < -0.4 is 5.32 Å². The smallest absolute Gasteiger partial charge is 0.317 e. The number of nitrogens with zero attached hydrogens (tertiary/aromatic N) is 3. The molecule has 0 radical (unpaired) electrons. The van der Waals surface area contributed by atoms with E-state index >= 15 is 0 Å². The Morgan fingerprint density at radius 1 is 0.971 bits per heavy atom. The molecule has 4 heterocycles. The second-order valence-corrected chi connectivity index (χ2v) is 10.4. The van der Waals surface area contributed by atoms with Crippen molar-refractivity contribution in [2.24, 2.45) is 5.92 Å². The highest BCUT2D eigenvalue weighted by Crippen LogP contribution is 2.42. The molecular formula is C27H35N4O3+. The molecule has 1 atom stereocenters. The van der Waals surface area contributed by atoms with Crippen LogP contribution in [0, 0.1) is 5.92 Å². The summed E-state index contributed by atoms with van der Waals surface area (Å²) in [5.41, 5.74) is 0.547. The minimum absolute atomic E-state index is 0.0559. The first-order valence-corrected chi connectivity index (χ1v) is 12.8. The number of hydrogen-bond donors (Lipinski definition) is 1. The molecule has 6 rings (SSSR count). The van der Waals surface area contributed by atoms with Crippen molar-refractivity contribution in [3.63, 3.8) is 0 Å². The maximum absolute atomic E-state index is 13.9. The van der Waals surface area contributed by atoms with Crippen LogP contribution in [-0.4, -0.2) is 58.6 Å². The van der Waals surface area contributed by atoms with Gasteiger partial charge in [0, 0.05) is 31.2 Å². The number of nitrogens with one attached hydrogen (secondary N) is 1. The Labute approximate surface area is 201 Å². The van der Waals surface area contributed by atoms with Gasteiger partial charge in [-0.3, -0.25) is 14.9 Å². The van der Waals surface area contributed by atoms with Gasteiger partial charge in [-0.05, 0) is 24.5 Å². The van der Waals surface area contributed by atoms with Crippen molar-refractivity contribution < 1.29 is 18.8 Å². The quantitative estimate of drug-likeness (QED) is 0.400. The minimum atomic E-state index is -0.545. The molecule has 2 bridgehead atoms. The number of aromatic nitrogens is 2. The van der Waals surface area contributed by atoms with Crippen molar-refractivity contribution in [3.8, 4) is 0 Å². The monoisotopic (exact) mass is 463 g/mol. The fourth-order valence-corrected chi connectivity index (χ4v) is 6.36. The highest BCUT2D eigenvalue weighted by Gasteiger charge is 2.51. The van der Waals surface area contributed by atoms with Crippen molar-refractivity contribution in [1.29, 1.82) is 0 Å². The molecule has 3 saturated heterocycles. The lowest BCUT2D eigenvalue weighted by Crippen LogP contribution is -2.66. The SMILES string of the molecule is O=C(C[N+]12CCC(CC1)[C@@H](OC(=O)C1(c3ccccc3)CCCCCC1)C2)Nc1ncccn1. The third-order valence-corrected chi connectivity index (χ3v) is 8.27. The van der Waals surface area contributed by atoms with E-state index in [0.717, 1.165) is 57.2 Å². The van der Waals surface area contributed by atoms with Crippen molar-refractivity contribution >= 4 is 17.8 Å². The minimum Gasteiger partial charge on any atom is -0.455 e. The lowest BCUT2D eigenvalue weighted by molar-refractivity contribution is -0.939. The number of anilines is 1. The molecule has 7 heteroatoms. The van der Waals surface area contributed by atoms with Crippen LogP contribution in [0.5, 0.6) is 0 Å². The zero-order valence-electron chi connectivity index (χ0n) is 19.8.